The van der Waals surface area contributed by atoms with Gasteiger partial charge in [-0.2, -0.15) is 10.1 Å². The summed E-state index contributed by atoms with van der Waals surface area (Å²) in [4.78, 5) is 19.9. The van der Waals surface area contributed by atoms with E-state index in [0.29, 0.717) is 36.9 Å². The first-order valence-electron chi connectivity index (χ1n) is 11.3. The molecule has 2 aromatic heterocycles. The smallest absolute Gasteiger partial charge is 0.257 e. The Hall–Kier alpha value is -3.74. The Morgan fingerprint density at radius 2 is 1.76 bits per heavy atom. The fourth-order valence-electron chi connectivity index (χ4n) is 4.33. The van der Waals surface area contributed by atoms with Crippen LogP contribution in [0.25, 0.3) is 11.3 Å². The number of carbonyl (C=O) groups is 1. The summed E-state index contributed by atoms with van der Waals surface area (Å²) >= 11 is 0. The van der Waals surface area contributed by atoms with Gasteiger partial charge in [0.2, 0.25) is 5.89 Å². The van der Waals surface area contributed by atoms with E-state index in [0.717, 1.165) is 29.7 Å². The molecular formula is C26H27N5O2. The Morgan fingerprint density at radius 3 is 2.42 bits per heavy atom. The molecule has 0 saturated carbocycles. The van der Waals surface area contributed by atoms with Gasteiger partial charge in [-0.25, -0.2) is 0 Å². The monoisotopic (exact) mass is 441 g/mol. The lowest BCUT2D eigenvalue weighted by atomic mass is 9.96. The molecule has 1 saturated heterocycles. The van der Waals surface area contributed by atoms with E-state index < -0.39 is 0 Å². The Labute approximate surface area is 193 Å². The molecule has 3 heterocycles. The highest BCUT2D eigenvalue weighted by Gasteiger charge is 2.30. The molecule has 0 aliphatic carbocycles. The van der Waals surface area contributed by atoms with E-state index >= 15 is 0 Å². The van der Waals surface area contributed by atoms with Crippen LogP contribution in [0.1, 0.15) is 52.0 Å². The van der Waals surface area contributed by atoms with Crippen LogP contribution in [-0.4, -0.2) is 43.8 Å². The Kier molecular flexibility index (Phi) is 5.77. The molecule has 0 radical (unpaired) electrons. The van der Waals surface area contributed by atoms with Crippen molar-refractivity contribution in [3.63, 3.8) is 0 Å². The van der Waals surface area contributed by atoms with Crippen molar-refractivity contribution in [3.05, 3.63) is 89.2 Å². The topological polar surface area (TPSA) is 77.1 Å². The Bertz CT molecular complexity index is 1240. The molecule has 5 rings (SSSR count). The van der Waals surface area contributed by atoms with Gasteiger partial charge in [-0.3, -0.25) is 9.48 Å². The average Bonchev–Trinajstić information content (AvgIpc) is 3.46. The molecule has 1 aliphatic rings. The predicted octanol–water partition coefficient (Wildman–Crippen LogP) is 4.62. The lowest BCUT2D eigenvalue weighted by molar-refractivity contribution is 0.0705. The number of carbonyl (C=O) groups excluding carboxylic acids is 1. The maximum Gasteiger partial charge on any atom is 0.257 e. The summed E-state index contributed by atoms with van der Waals surface area (Å²) in [6, 6.07) is 18.3. The number of aromatic nitrogens is 4. The van der Waals surface area contributed by atoms with Gasteiger partial charge in [-0.15, -0.1) is 0 Å². The maximum atomic E-state index is 13.6. The number of amides is 1. The molecule has 1 fully saturated rings. The highest BCUT2D eigenvalue weighted by molar-refractivity contribution is 5.99. The second-order valence-corrected chi connectivity index (χ2v) is 8.69. The van der Waals surface area contributed by atoms with Gasteiger partial charge in [0.25, 0.3) is 5.91 Å². The van der Waals surface area contributed by atoms with Crippen LogP contribution < -0.4 is 0 Å². The normalized spacial score (nSPS) is 14.5. The largest absolute Gasteiger partial charge is 0.339 e. The van der Waals surface area contributed by atoms with Crippen LogP contribution in [0.2, 0.25) is 0 Å². The van der Waals surface area contributed by atoms with Crippen molar-refractivity contribution in [2.24, 2.45) is 0 Å². The van der Waals surface area contributed by atoms with E-state index in [1.807, 2.05) is 53.0 Å². The number of benzene rings is 2. The zero-order valence-electron chi connectivity index (χ0n) is 18.9. The zero-order chi connectivity index (χ0) is 22.8. The summed E-state index contributed by atoms with van der Waals surface area (Å²) in [5.41, 5.74) is 4.64. The lowest BCUT2D eigenvalue weighted by Gasteiger charge is -2.30. The zero-order valence-corrected chi connectivity index (χ0v) is 18.9. The molecule has 1 aliphatic heterocycles. The van der Waals surface area contributed by atoms with Gasteiger partial charge in [-0.1, -0.05) is 65.3 Å². The fourth-order valence-corrected chi connectivity index (χ4v) is 4.33. The summed E-state index contributed by atoms with van der Waals surface area (Å²) in [6.45, 7) is 5.81. The van der Waals surface area contributed by atoms with Crippen molar-refractivity contribution in [2.75, 3.05) is 13.1 Å². The molecule has 168 valence electrons. The second-order valence-electron chi connectivity index (χ2n) is 8.69. The number of hydrogen-bond donors (Lipinski definition) is 0. The second kappa shape index (κ2) is 9.02. The van der Waals surface area contributed by atoms with E-state index in [1.165, 1.54) is 5.56 Å². The van der Waals surface area contributed by atoms with E-state index in [4.69, 9.17) is 9.62 Å². The summed E-state index contributed by atoms with van der Waals surface area (Å²) in [6.07, 6.45) is 3.51. The summed E-state index contributed by atoms with van der Waals surface area (Å²) < 4.78 is 7.22. The van der Waals surface area contributed by atoms with Gasteiger partial charge in [0.15, 0.2) is 5.82 Å². The van der Waals surface area contributed by atoms with Crippen LogP contribution in [0.5, 0.6) is 0 Å². The van der Waals surface area contributed by atoms with Crippen LogP contribution in [0.3, 0.4) is 0 Å². The third-order valence-electron chi connectivity index (χ3n) is 6.18. The predicted molar refractivity (Wildman–Crippen MR) is 125 cm³/mol. The Morgan fingerprint density at radius 1 is 1.03 bits per heavy atom. The summed E-state index contributed by atoms with van der Waals surface area (Å²) in [7, 11) is 0. The molecule has 0 N–H and O–H groups in total. The fraction of sp³-hybridized carbons (Fsp3) is 0.308. The molecule has 7 heteroatoms. The van der Waals surface area contributed by atoms with Crippen molar-refractivity contribution < 1.29 is 9.32 Å². The van der Waals surface area contributed by atoms with Gasteiger partial charge in [0, 0.05) is 30.8 Å². The van der Waals surface area contributed by atoms with Gasteiger partial charge < -0.3 is 9.42 Å². The van der Waals surface area contributed by atoms with Crippen molar-refractivity contribution in [1.29, 1.82) is 0 Å². The van der Waals surface area contributed by atoms with Crippen molar-refractivity contribution in [1.82, 2.24) is 24.8 Å². The van der Waals surface area contributed by atoms with E-state index in [2.05, 4.69) is 41.3 Å². The van der Waals surface area contributed by atoms with E-state index in [-0.39, 0.29) is 11.8 Å². The summed E-state index contributed by atoms with van der Waals surface area (Å²) in [5, 5.41) is 8.73. The third-order valence-corrected chi connectivity index (χ3v) is 6.18. The molecule has 1 amide bonds. The number of aryl methyl sites for hydroxylation is 2. The average molecular weight is 442 g/mol. The minimum absolute atomic E-state index is 0.0186. The molecule has 0 bridgehead atoms. The molecule has 33 heavy (non-hydrogen) atoms. The van der Waals surface area contributed by atoms with Gasteiger partial charge in [0.05, 0.1) is 12.1 Å². The van der Waals surface area contributed by atoms with Crippen molar-refractivity contribution in [3.8, 4) is 11.3 Å². The Balaban J connectivity index is 1.39. The third kappa shape index (κ3) is 4.58. The van der Waals surface area contributed by atoms with Crippen LogP contribution >= 0.6 is 0 Å². The minimum atomic E-state index is 0.0186. The van der Waals surface area contributed by atoms with Gasteiger partial charge in [0.1, 0.15) is 5.69 Å². The minimum Gasteiger partial charge on any atom is -0.339 e. The van der Waals surface area contributed by atoms with Gasteiger partial charge >= 0.3 is 0 Å². The molecule has 0 atom stereocenters. The number of nitrogens with zero attached hydrogens (tertiary/aromatic N) is 5. The SMILES string of the molecule is Cc1ccc(-c2nn(Cc3ccccc3)cc2C(=O)N2CCC(c3nc(C)no3)CC2)cc1. The number of hydrogen-bond acceptors (Lipinski definition) is 5. The number of rotatable bonds is 5. The molecule has 2 aromatic carbocycles. The first-order valence-corrected chi connectivity index (χ1v) is 11.3. The number of likely N-dealkylation sites (tertiary alicyclic amines) is 1. The van der Waals surface area contributed by atoms with Crippen molar-refractivity contribution >= 4 is 5.91 Å². The first-order chi connectivity index (χ1) is 16.1. The quantitative estimate of drug-likeness (QED) is 0.452. The highest BCUT2D eigenvalue weighted by Crippen LogP contribution is 2.30. The molecular weight excluding hydrogens is 414 g/mol. The summed E-state index contributed by atoms with van der Waals surface area (Å²) in [5.74, 6) is 1.55. The maximum absolute atomic E-state index is 13.6. The first kappa shape index (κ1) is 21.1. The van der Waals surface area contributed by atoms with Crippen LogP contribution in [-0.2, 0) is 6.54 Å². The number of piperidine rings is 1. The standard InChI is InChI=1S/C26H27N5O2/c1-18-8-10-21(11-9-18)24-23(17-31(28-24)16-20-6-4-3-5-7-20)26(32)30-14-12-22(13-15-30)25-27-19(2)29-33-25/h3-11,17,22H,12-16H2,1-2H3. The molecule has 4 aromatic rings. The van der Waals surface area contributed by atoms with Crippen LogP contribution in [0, 0.1) is 13.8 Å². The highest BCUT2D eigenvalue weighted by atomic mass is 16.5. The van der Waals surface area contributed by atoms with E-state index in [1.54, 1.807) is 0 Å². The molecule has 0 unspecified atom stereocenters. The van der Waals surface area contributed by atoms with E-state index in [9.17, 15) is 4.79 Å². The van der Waals surface area contributed by atoms with Crippen LogP contribution in [0.4, 0.5) is 0 Å². The molecule has 0 spiro atoms. The molecule has 7 nitrogen and oxygen atoms in total. The van der Waals surface area contributed by atoms with Crippen LogP contribution in [0.15, 0.2) is 65.3 Å². The van der Waals surface area contributed by atoms with Gasteiger partial charge in [-0.05, 0) is 32.3 Å². The lowest BCUT2D eigenvalue weighted by Crippen LogP contribution is -2.38. The van der Waals surface area contributed by atoms with Crippen molar-refractivity contribution in [2.45, 2.75) is 39.2 Å².